The minimum atomic E-state index is -3.57. The zero-order valence-electron chi connectivity index (χ0n) is 13.2. The van der Waals surface area contributed by atoms with Gasteiger partial charge in [0, 0.05) is 31.1 Å². The maximum Gasteiger partial charge on any atom is 0.242 e. The van der Waals surface area contributed by atoms with Crippen molar-refractivity contribution in [3.63, 3.8) is 0 Å². The van der Waals surface area contributed by atoms with E-state index in [0.29, 0.717) is 24.8 Å². The molecule has 0 radical (unpaired) electrons. The molecular weight excluding hydrogens is 292 g/mol. The molecule has 0 bridgehead atoms. The zero-order chi connectivity index (χ0) is 16.0. The van der Waals surface area contributed by atoms with Crippen molar-refractivity contribution in [3.05, 3.63) is 18.0 Å². The molecule has 0 amide bonds. The minimum Gasteiger partial charge on any atom is -0.390 e. The molecule has 0 aliphatic heterocycles. The van der Waals surface area contributed by atoms with Crippen molar-refractivity contribution in [3.8, 4) is 0 Å². The Morgan fingerprint density at radius 2 is 2.00 bits per heavy atom. The summed E-state index contributed by atoms with van der Waals surface area (Å²) in [7, 11) is -3.57. The van der Waals surface area contributed by atoms with Gasteiger partial charge in [0.1, 0.15) is 0 Å². The number of aromatic nitrogens is 1. The van der Waals surface area contributed by atoms with Crippen LogP contribution in [0.1, 0.15) is 39.4 Å². The lowest BCUT2D eigenvalue weighted by Crippen LogP contribution is -2.27. The summed E-state index contributed by atoms with van der Waals surface area (Å²) in [6.07, 6.45) is 1.55. The molecule has 0 saturated heterocycles. The first-order valence-corrected chi connectivity index (χ1v) is 8.65. The molecule has 0 unspecified atom stereocenters. The van der Waals surface area contributed by atoms with E-state index in [-0.39, 0.29) is 24.1 Å². The Morgan fingerprint density at radius 3 is 2.48 bits per heavy atom. The number of rotatable bonds is 9. The molecule has 0 aliphatic rings. The van der Waals surface area contributed by atoms with E-state index in [1.807, 2.05) is 27.7 Å². The fourth-order valence-corrected chi connectivity index (χ4v) is 2.96. The Balaban J connectivity index is 2.66. The number of hydrogen-bond donors (Lipinski definition) is 2. The molecule has 0 saturated carbocycles. The summed E-state index contributed by atoms with van der Waals surface area (Å²) in [4.78, 5) is 0.170. The fourth-order valence-electron chi connectivity index (χ4n) is 1.90. The molecule has 0 spiro atoms. The number of nitrogens with one attached hydrogen (secondary N) is 1. The second kappa shape index (κ2) is 7.93. The van der Waals surface area contributed by atoms with Crippen LogP contribution in [0.4, 0.5) is 0 Å². The Hall–Kier alpha value is -0.890. The second-order valence-electron chi connectivity index (χ2n) is 5.69. The Kier molecular flexibility index (Phi) is 6.86. The van der Waals surface area contributed by atoms with Crippen molar-refractivity contribution >= 4 is 10.0 Å². The maximum absolute atomic E-state index is 12.2. The summed E-state index contributed by atoms with van der Waals surface area (Å²) in [5.74, 6) is 0.425. The third kappa shape index (κ3) is 5.43. The third-order valence-electron chi connectivity index (χ3n) is 2.93. The molecule has 0 aromatic carbocycles. The number of aliphatic hydroxyl groups excluding tert-OH is 1. The highest BCUT2D eigenvalue weighted by molar-refractivity contribution is 7.89. The van der Waals surface area contributed by atoms with Gasteiger partial charge in [-0.3, -0.25) is 0 Å². The van der Waals surface area contributed by atoms with Gasteiger partial charge in [-0.1, -0.05) is 13.8 Å². The summed E-state index contributed by atoms with van der Waals surface area (Å²) < 4.78 is 33.9. The lowest BCUT2D eigenvalue weighted by molar-refractivity contribution is 0.114. The molecule has 0 atom stereocenters. The first-order chi connectivity index (χ1) is 9.77. The highest BCUT2D eigenvalue weighted by atomic mass is 32.2. The number of ether oxygens (including phenoxy) is 1. The zero-order valence-corrected chi connectivity index (χ0v) is 14.0. The van der Waals surface area contributed by atoms with E-state index in [9.17, 15) is 13.5 Å². The molecule has 7 heteroatoms. The van der Waals surface area contributed by atoms with Gasteiger partial charge in [0.15, 0.2) is 0 Å². The lowest BCUT2D eigenvalue weighted by atomic mass is 10.2. The molecule has 21 heavy (non-hydrogen) atoms. The van der Waals surface area contributed by atoms with Crippen LogP contribution in [0.2, 0.25) is 0 Å². The Morgan fingerprint density at radius 1 is 1.33 bits per heavy atom. The van der Waals surface area contributed by atoms with Crippen LogP contribution in [0, 0.1) is 5.92 Å². The predicted octanol–water partition coefficient (Wildman–Crippen LogP) is 1.51. The van der Waals surface area contributed by atoms with Gasteiger partial charge in [-0.25, -0.2) is 13.1 Å². The van der Waals surface area contributed by atoms with Crippen LogP contribution in [-0.2, 0) is 21.4 Å². The van der Waals surface area contributed by atoms with E-state index in [0.717, 1.165) is 0 Å². The van der Waals surface area contributed by atoms with Crippen LogP contribution in [0.5, 0.6) is 0 Å². The van der Waals surface area contributed by atoms with E-state index in [4.69, 9.17) is 4.74 Å². The van der Waals surface area contributed by atoms with Crippen LogP contribution >= 0.6 is 0 Å². The van der Waals surface area contributed by atoms with Crippen molar-refractivity contribution in [2.24, 2.45) is 5.92 Å². The lowest BCUT2D eigenvalue weighted by Gasteiger charge is -2.10. The van der Waals surface area contributed by atoms with E-state index in [1.165, 1.54) is 6.07 Å². The van der Waals surface area contributed by atoms with E-state index in [2.05, 4.69) is 4.72 Å². The number of hydrogen-bond acceptors (Lipinski definition) is 4. The van der Waals surface area contributed by atoms with E-state index < -0.39 is 10.0 Å². The average Bonchev–Trinajstić information content (AvgIpc) is 2.82. The quantitative estimate of drug-likeness (QED) is 0.676. The first-order valence-electron chi connectivity index (χ1n) is 7.17. The van der Waals surface area contributed by atoms with Gasteiger partial charge >= 0.3 is 0 Å². The van der Waals surface area contributed by atoms with Crippen LogP contribution in [0.25, 0.3) is 0 Å². The molecule has 2 N–H and O–H groups in total. The Bertz CT molecular complexity index is 535. The molecule has 122 valence electrons. The molecule has 1 heterocycles. The SMILES string of the molecule is CC(C)COCCNS(=O)(=O)c1cc(CO)n(C(C)C)c1. The largest absolute Gasteiger partial charge is 0.390 e. The predicted molar refractivity (Wildman–Crippen MR) is 81.6 cm³/mol. The molecule has 1 rings (SSSR count). The van der Waals surface area contributed by atoms with Crippen LogP contribution < -0.4 is 4.72 Å². The van der Waals surface area contributed by atoms with Crippen molar-refractivity contribution in [1.82, 2.24) is 9.29 Å². The number of nitrogens with zero attached hydrogens (tertiary/aromatic N) is 1. The molecule has 1 aromatic heterocycles. The summed E-state index contributed by atoms with van der Waals surface area (Å²) >= 11 is 0. The van der Waals surface area contributed by atoms with Gasteiger partial charge in [-0.05, 0) is 25.8 Å². The molecular formula is C14H26N2O4S. The number of sulfonamides is 1. The monoisotopic (exact) mass is 318 g/mol. The summed E-state index contributed by atoms with van der Waals surface area (Å²) in [5.41, 5.74) is 0.585. The average molecular weight is 318 g/mol. The van der Waals surface area contributed by atoms with Gasteiger partial charge in [0.05, 0.1) is 18.1 Å². The van der Waals surface area contributed by atoms with E-state index in [1.54, 1.807) is 10.8 Å². The summed E-state index contributed by atoms with van der Waals surface area (Å²) in [6, 6.07) is 1.59. The summed E-state index contributed by atoms with van der Waals surface area (Å²) in [6.45, 7) is 8.94. The van der Waals surface area contributed by atoms with Crippen molar-refractivity contribution in [1.29, 1.82) is 0 Å². The number of aliphatic hydroxyl groups is 1. The first kappa shape index (κ1) is 18.2. The van der Waals surface area contributed by atoms with Crippen molar-refractivity contribution < 1.29 is 18.3 Å². The van der Waals surface area contributed by atoms with Crippen LogP contribution in [-0.4, -0.2) is 37.8 Å². The van der Waals surface area contributed by atoms with Gasteiger partial charge in [-0.15, -0.1) is 0 Å². The fraction of sp³-hybridized carbons (Fsp3) is 0.714. The van der Waals surface area contributed by atoms with Gasteiger partial charge in [0.25, 0.3) is 0 Å². The van der Waals surface area contributed by atoms with Crippen LogP contribution in [0.15, 0.2) is 17.2 Å². The molecule has 1 aromatic rings. The van der Waals surface area contributed by atoms with Crippen molar-refractivity contribution in [2.45, 2.75) is 45.2 Å². The maximum atomic E-state index is 12.2. The van der Waals surface area contributed by atoms with Crippen LogP contribution in [0.3, 0.4) is 0 Å². The Labute approximate surface area is 127 Å². The van der Waals surface area contributed by atoms with Gasteiger partial charge < -0.3 is 14.4 Å². The normalized spacial score (nSPS) is 12.5. The highest BCUT2D eigenvalue weighted by Gasteiger charge is 2.18. The highest BCUT2D eigenvalue weighted by Crippen LogP contribution is 2.18. The van der Waals surface area contributed by atoms with Gasteiger partial charge in [-0.2, -0.15) is 0 Å². The molecule has 0 fully saturated rings. The smallest absolute Gasteiger partial charge is 0.242 e. The van der Waals surface area contributed by atoms with E-state index >= 15 is 0 Å². The standard InChI is InChI=1S/C14H26N2O4S/c1-11(2)10-20-6-5-15-21(18,19)14-7-13(9-17)16(8-14)12(3)4/h7-8,11-12,15,17H,5-6,9-10H2,1-4H3. The van der Waals surface area contributed by atoms with Crippen molar-refractivity contribution in [2.75, 3.05) is 19.8 Å². The third-order valence-corrected chi connectivity index (χ3v) is 4.35. The molecule has 6 nitrogen and oxygen atoms in total. The minimum absolute atomic E-state index is 0.0884. The molecule has 0 aliphatic carbocycles. The second-order valence-corrected chi connectivity index (χ2v) is 7.46. The summed E-state index contributed by atoms with van der Waals surface area (Å²) in [5, 5.41) is 9.29. The van der Waals surface area contributed by atoms with Gasteiger partial charge in [0.2, 0.25) is 10.0 Å². The topological polar surface area (TPSA) is 80.6 Å².